The van der Waals surface area contributed by atoms with E-state index in [1.54, 1.807) is 13.4 Å². The number of rotatable bonds is 11. The molecule has 2 aromatic heterocycles. The lowest BCUT2D eigenvalue weighted by Crippen LogP contribution is -2.35. The van der Waals surface area contributed by atoms with Crippen molar-refractivity contribution in [3.8, 4) is 5.75 Å². The number of likely N-dealkylation sites (tertiary alicyclic amines) is 1. The predicted octanol–water partition coefficient (Wildman–Crippen LogP) is 7.99. The van der Waals surface area contributed by atoms with Gasteiger partial charge in [-0.2, -0.15) is 0 Å². The van der Waals surface area contributed by atoms with Gasteiger partial charge in [0.15, 0.2) is 11.6 Å². The van der Waals surface area contributed by atoms with Crippen molar-refractivity contribution in [3.05, 3.63) is 71.2 Å². The van der Waals surface area contributed by atoms with Crippen molar-refractivity contribution in [2.75, 3.05) is 48.4 Å². The summed E-state index contributed by atoms with van der Waals surface area (Å²) in [5.41, 5.74) is 7.28. The average molecular weight is 654 g/mol. The van der Waals surface area contributed by atoms with Crippen molar-refractivity contribution in [2.45, 2.75) is 65.2 Å². The maximum Gasteiger partial charge on any atom is 0.255 e. The molecule has 1 saturated heterocycles. The largest absolute Gasteiger partial charge is 0.492 e. The van der Waals surface area contributed by atoms with Crippen molar-refractivity contribution in [1.82, 2.24) is 19.9 Å². The number of fused-ring (bicyclic) bond motifs is 1. The number of anilines is 4. The van der Waals surface area contributed by atoms with Crippen LogP contribution < -0.4 is 20.1 Å². The average Bonchev–Trinajstić information content (AvgIpc) is 3.87. The standard InChI is InChI=1S/C37H47N7O2S/c1-23-7-10-26(36(45)42-31-19-27(37(2,3)4)20-32(43-47-6)34(31)46-5)18-30(23)41-35-33-29(38-22-39-35)12-11-28(40-33)17-24-13-15-44(16-14-24)21-25-8-9-25/h7,10-12,18-20,22,24-25,43H,8-9,13-17,21H2,1-6H3,(H,42,45)(H,38,39,41). The lowest BCUT2D eigenvalue weighted by Gasteiger charge is -2.31. The molecule has 2 fully saturated rings. The predicted molar refractivity (Wildman–Crippen MR) is 194 cm³/mol. The highest BCUT2D eigenvalue weighted by Gasteiger charge is 2.27. The van der Waals surface area contributed by atoms with E-state index in [1.165, 1.54) is 57.3 Å². The molecule has 1 amide bonds. The van der Waals surface area contributed by atoms with Crippen LogP contribution in [-0.4, -0.2) is 58.8 Å². The summed E-state index contributed by atoms with van der Waals surface area (Å²) in [6, 6.07) is 13.9. The number of nitrogens with one attached hydrogen (secondary N) is 3. The number of methoxy groups -OCH3 is 1. The molecule has 0 atom stereocenters. The zero-order valence-electron chi connectivity index (χ0n) is 28.4. The van der Waals surface area contributed by atoms with Gasteiger partial charge in [0.2, 0.25) is 0 Å². The Morgan fingerprint density at radius 3 is 2.45 bits per heavy atom. The summed E-state index contributed by atoms with van der Waals surface area (Å²) in [6.45, 7) is 12.1. The first-order valence-electron chi connectivity index (χ1n) is 16.6. The van der Waals surface area contributed by atoms with Crippen LogP contribution >= 0.6 is 11.9 Å². The molecule has 2 aliphatic rings. The molecule has 6 rings (SSSR count). The number of nitrogens with zero attached hydrogens (tertiary/aromatic N) is 4. The molecule has 0 unspecified atom stereocenters. The summed E-state index contributed by atoms with van der Waals surface area (Å²) < 4.78 is 9.05. The van der Waals surface area contributed by atoms with Gasteiger partial charge in [0.25, 0.3) is 5.91 Å². The summed E-state index contributed by atoms with van der Waals surface area (Å²) in [5, 5.41) is 6.58. The van der Waals surface area contributed by atoms with Crippen LogP contribution in [-0.2, 0) is 11.8 Å². The molecule has 0 spiro atoms. The second-order valence-corrected chi connectivity index (χ2v) is 14.7. The number of pyridine rings is 1. The Labute approximate surface area is 282 Å². The van der Waals surface area contributed by atoms with Crippen LogP contribution in [0, 0.1) is 18.8 Å². The van der Waals surface area contributed by atoms with Crippen LogP contribution in [0.15, 0.2) is 48.8 Å². The summed E-state index contributed by atoms with van der Waals surface area (Å²) in [7, 11) is 1.62. The Morgan fingerprint density at radius 1 is 0.979 bits per heavy atom. The van der Waals surface area contributed by atoms with Crippen LogP contribution in [0.3, 0.4) is 0 Å². The first kappa shape index (κ1) is 33.0. The zero-order chi connectivity index (χ0) is 33.1. The quantitative estimate of drug-likeness (QED) is 0.139. The number of amides is 1. The van der Waals surface area contributed by atoms with E-state index in [0.29, 0.717) is 28.7 Å². The molecule has 10 heteroatoms. The molecular formula is C37H47N7O2S. The molecule has 3 N–H and O–H groups in total. The molecule has 0 bridgehead atoms. The van der Waals surface area contributed by atoms with E-state index >= 15 is 0 Å². The van der Waals surface area contributed by atoms with E-state index < -0.39 is 0 Å². The summed E-state index contributed by atoms with van der Waals surface area (Å²) in [4.78, 5) is 30.5. The molecule has 3 heterocycles. The van der Waals surface area contributed by atoms with E-state index in [2.05, 4.69) is 63.1 Å². The van der Waals surface area contributed by atoms with E-state index in [4.69, 9.17) is 9.72 Å². The van der Waals surface area contributed by atoms with Gasteiger partial charge in [-0.15, -0.1) is 0 Å². The second kappa shape index (κ2) is 14.1. The van der Waals surface area contributed by atoms with E-state index in [9.17, 15) is 4.79 Å². The molecule has 1 aliphatic heterocycles. The van der Waals surface area contributed by atoms with Gasteiger partial charge < -0.3 is 25.0 Å². The van der Waals surface area contributed by atoms with Crippen molar-refractivity contribution in [2.24, 2.45) is 11.8 Å². The summed E-state index contributed by atoms with van der Waals surface area (Å²) >= 11 is 1.48. The number of hydrogen-bond acceptors (Lipinski definition) is 9. The van der Waals surface area contributed by atoms with Crippen LogP contribution in [0.4, 0.5) is 22.9 Å². The SMILES string of the molecule is COc1c(NSC)cc(C(C)(C)C)cc1NC(=O)c1ccc(C)c(Nc2ncnc3ccc(CC4CCN(CC5CC5)CC4)nc23)c1. The lowest BCUT2D eigenvalue weighted by molar-refractivity contribution is 0.102. The van der Waals surface area contributed by atoms with Gasteiger partial charge in [-0.3, -0.25) is 4.79 Å². The van der Waals surface area contributed by atoms with Gasteiger partial charge in [0.05, 0.1) is 24.0 Å². The Morgan fingerprint density at radius 2 is 1.74 bits per heavy atom. The fourth-order valence-electron chi connectivity index (χ4n) is 6.30. The molecule has 1 saturated carbocycles. The highest BCUT2D eigenvalue weighted by molar-refractivity contribution is 7.99. The van der Waals surface area contributed by atoms with E-state index in [1.807, 2.05) is 43.5 Å². The Balaban J connectivity index is 1.21. The third-order valence-electron chi connectivity index (χ3n) is 9.33. The van der Waals surface area contributed by atoms with Gasteiger partial charge >= 0.3 is 0 Å². The van der Waals surface area contributed by atoms with Crippen LogP contribution in [0.2, 0.25) is 0 Å². The molecule has 4 aromatic rings. The third kappa shape index (κ3) is 7.99. The van der Waals surface area contributed by atoms with E-state index in [0.717, 1.165) is 51.6 Å². The number of aromatic nitrogens is 3. The Hall–Kier alpha value is -3.89. The number of hydrogen-bond donors (Lipinski definition) is 3. The lowest BCUT2D eigenvalue weighted by atomic mass is 9.86. The van der Waals surface area contributed by atoms with E-state index in [-0.39, 0.29) is 11.3 Å². The number of ether oxygens (including phenoxy) is 1. The summed E-state index contributed by atoms with van der Waals surface area (Å²) in [5.74, 6) is 2.57. The minimum atomic E-state index is -0.233. The summed E-state index contributed by atoms with van der Waals surface area (Å²) in [6.07, 6.45) is 9.74. The monoisotopic (exact) mass is 653 g/mol. The second-order valence-electron chi connectivity index (χ2n) is 14.1. The first-order chi connectivity index (χ1) is 22.6. The molecule has 47 heavy (non-hydrogen) atoms. The van der Waals surface area contributed by atoms with Crippen molar-refractivity contribution < 1.29 is 9.53 Å². The molecule has 1 aliphatic carbocycles. The Bertz CT molecular complexity index is 1740. The highest BCUT2D eigenvalue weighted by atomic mass is 32.2. The molecule has 2 aromatic carbocycles. The van der Waals surface area contributed by atoms with Crippen molar-refractivity contribution in [1.29, 1.82) is 0 Å². The topological polar surface area (TPSA) is 104 Å². The molecule has 0 radical (unpaired) electrons. The van der Waals surface area contributed by atoms with Crippen molar-refractivity contribution >= 4 is 51.8 Å². The minimum absolute atomic E-state index is 0.122. The van der Waals surface area contributed by atoms with Gasteiger partial charge in [0, 0.05) is 29.7 Å². The number of piperidine rings is 1. The number of aryl methyl sites for hydroxylation is 1. The fourth-order valence-corrected chi connectivity index (χ4v) is 6.67. The smallest absolute Gasteiger partial charge is 0.255 e. The maximum absolute atomic E-state index is 13.7. The molecule has 248 valence electrons. The number of carbonyl (C=O) groups excluding carboxylic acids is 1. The first-order valence-corrected chi connectivity index (χ1v) is 17.9. The van der Waals surface area contributed by atoms with Gasteiger partial charge in [-0.1, -0.05) is 38.8 Å². The van der Waals surface area contributed by atoms with Gasteiger partial charge in [0.1, 0.15) is 11.8 Å². The number of benzene rings is 2. The van der Waals surface area contributed by atoms with Gasteiger partial charge in [-0.05, 0) is 117 Å². The molecule has 9 nitrogen and oxygen atoms in total. The normalized spacial score (nSPS) is 15.9. The van der Waals surface area contributed by atoms with Crippen LogP contribution in [0.25, 0.3) is 11.0 Å². The Kier molecular flexibility index (Phi) is 9.89. The number of carbonyl (C=O) groups is 1. The van der Waals surface area contributed by atoms with Crippen LogP contribution in [0.1, 0.15) is 73.6 Å². The van der Waals surface area contributed by atoms with Crippen molar-refractivity contribution in [3.63, 3.8) is 0 Å². The van der Waals surface area contributed by atoms with Crippen LogP contribution in [0.5, 0.6) is 5.75 Å². The zero-order valence-corrected chi connectivity index (χ0v) is 29.3. The highest BCUT2D eigenvalue weighted by Crippen LogP contribution is 2.40. The fraction of sp³-hybridized carbons (Fsp3) is 0.459. The third-order valence-corrected chi connectivity index (χ3v) is 9.75. The minimum Gasteiger partial charge on any atom is -0.492 e. The van der Waals surface area contributed by atoms with Gasteiger partial charge in [-0.25, -0.2) is 15.0 Å². The maximum atomic E-state index is 13.7. The molecular weight excluding hydrogens is 607 g/mol.